The highest BCUT2D eigenvalue weighted by molar-refractivity contribution is 5.71. The first-order valence-corrected chi connectivity index (χ1v) is 26.7. The van der Waals surface area contributed by atoms with Crippen LogP contribution in [0.3, 0.4) is 0 Å². The number of carbonyl (C=O) groups excluding carboxylic acids is 3. The van der Waals surface area contributed by atoms with E-state index >= 15 is 0 Å². The Bertz CT molecular complexity index is 1480. The summed E-state index contributed by atoms with van der Waals surface area (Å²) in [6, 6.07) is 0. The van der Waals surface area contributed by atoms with Crippen LogP contribution in [0.4, 0.5) is 0 Å². The second kappa shape index (κ2) is 54.2. The lowest BCUT2D eigenvalue weighted by atomic mass is 10.1. The molecule has 0 rings (SSSR count). The number of esters is 3. The maximum Gasteiger partial charge on any atom is 0.306 e. The summed E-state index contributed by atoms with van der Waals surface area (Å²) in [7, 11) is 0. The van der Waals surface area contributed by atoms with Gasteiger partial charge in [-0.25, -0.2) is 0 Å². The minimum absolute atomic E-state index is 0.128. The first-order chi connectivity index (χ1) is 33.0. The number of hydrogen-bond donors (Lipinski definition) is 0. The summed E-state index contributed by atoms with van der Waals surface area (Å²) in [6.07, 6.45) is 75.8. The second-order valence-electron chi connectivity index (χ2n) is 17.1. The van der Waals surface area contributed by atoms with Gasteiger partial charge in [-0.05, 0) is 122 Å². The van der Waals surface area contributed by atoms with E-state index in [-0.39, 0.29) is 44.0 Å². The average molecular weight is 925 g/mol. The van der Waals surface area contributed by atoms with Crippen LogP contribution in [0.15, 0.2) is 134 Å². The summed E-state index contributed by atoms with van der Waals surface area (Å²) in [5.41, 5.74) is 0. The molecule has 0 aromatic rings. The van der Waals surface area contributed by atoms with E-state index in [2.05, 4.69) is 154 Å². The SMILES string of the molecule is CC/C=C\C/C=C\C/C=C\C/C=C\C/C=C\CCCC(=O)OCC(COC(=O)CCCCCCCC/C=C\C=C/CCCCC)OC(=O)CCC/C=C\C/C=C\C/C=C\C/C=C\CCCCC. The van der Waals surface area contributed by atoms with Crippen molar-refractivity contribution >= 4 is 17.9 Å². The predicted octanol–water partition coefficient (Wildman–Crippen LogP) is 17.9. The molecule has 0 aromatic heterocycles. The van der Waals surface area contributed by atoms with Crippen LogP contribution in [0.25, 0.3) is 0 Å². The van der Waals surface area contributed by atoms with E-state index < -0.39 is 6.10 Å². The lowest BCUT2D eigenvalue weighted by molar-refractivity contribution is -0.167. The van der Waals surface area contributed by atoms with Crippen LogP contribution < -0.4 is 0 Å². The Morgan fingerprint density at radius 3 is 1.06 bits per heavy atom. The van der Waals surface area contributed by atoms with Crippen molar-refractivity contribution < 1.29 is 28.6 Å². The largest absolute Gasteiger partial charge is 0.462 e. The van der Waals surface area contributed by atoms with E-state index in [0.717, 1.165) is 103 Å². The smallest absolute Gasteiger partial charge is 0.306 e. The fourth-order valence-corrected chi connectivity index (χ4v) is 6.64. The third-order valence-corrected chi connectivity index (χ3v) is 10.6. The zero-order valence-corrected chi connectivity index (χ0v) is 42.9. The van der Waals surface area contributed by atoms with Crippen molar-refractivity contribution in [2.45, 2.75) is 219 Å². The molecule has 1 atom stereocenters. The van der Waals surface area contributed by atoms with Crippen molar-refractivity contribution in [1.82, 2.24) is 0 Å². The van der Waals surface area contributed by atoms with Crippen molar-refractivity contribution in [2.24, 2.45) is 0 Å². The number of unbranched alkanes of at least 4 members (excludes halogenated alkanes) is 14. The van der Waals surface area contributed by atoms with Gasteiger partial charge in [0.15, 0.2) is 6.10 Å². The molecule has 0 N–H and O–H groups in total. The third kappa shape index (κ3) is 52.4. The maximum atomic E-state index is 12.8. The van der Waals surface area contributed by atoms with Gasteiger partial charge in [0.2, 0.25) is 0 Å². The lowest BCUT2D eigenvalue weighted by Gasteiger charge is -2.18. The van der Waals surface area contributed by atoms with Crippen molar-refractivity contribution in [1.29, 1.82) is 0 Å². The van der Waals surface area contributed by atoms with E-state index in [1.54, 1.807) is 0 Å². The molecular formula is C61H96O6. The third-order valence-electron chi connectivity index (χ3n) is 10.6. The molecule has 0 amide bonds. The lowest BCUT2D eigenvalue weighted by Crippen LogP contribution is -2.30. The second-order valence-corrected chi connectivity index (χ2v) is 17.1. The molecule has 6 nitrogen and oxygen atoms in total. The van der Waals surface area contributed by atoms with Gasteiger partial charge in [0.1, 0.15) is 13.2 Å². The van der Waals surface area contributed by atoms with Gasteiger partial charge < -0.3 is 14.2 Å². The maximum absolute atomic E-state index is 12.8. The van der Waals surface area contributed by atoms with Gasteiger partial charge in [0, 0.05) is 19.3 Å². The number of ether oxygens (including phenoxy) is 3. The molecule has 67 heavy (non-hydrogen) atoms. The zero-order chi connectivity index (χ0) is 48.6. The first-order valence-electron chi connectivity index (χ1n) is 26.7. The number of carbonyl (C=O) groups is 3. The van der Waals surface area contributed by atoms with Crippen LogP contribution in [-0.2, 0) is 28.6 Å². The van der Waals surface area contributed by atoms with Crippen LogP contribution in [0.2, 0.25) is 0 Å². The van der Waals surface area contributed by atoms with Crippen molar-refractivity contribution in [3.05, 3.63) is 134 Å². The standard InChI is InChI=1S/C61H96O6/c1-4-7-10-13-16-19-22-25-28-30-33-36-39-42-45-48-51-54-60(63)66-57-58(56-65-59(62)53-50-47-44-41-38-35-32-27-24-21-18-15-12-9-6-3)67-61(64)55-52-49-46-43-40-37-34-31-29-26-23-20-17-14-11-8-5-2/h7,10,16-21,24-29,33-34,36-37,42-43,45-46,58H,4-6,8-9,11-15,22-23,30-32,35,38-41,44,47-57H2,1-3H3/b10-7-,19-16-,20-17-,21-18-,27-24-,28-25-,29-26-,36-33-,37-34-,45-42-,46-43-. The molecule has 0 heterocycles. The van der Waals surface area contributed by atoms with Gasteiger partial charge in [-0.1, -0.05) is 206 Å². The summed E-state index contributed by atoms with van der Waals surface area (Å²) in [5, 5.41) is 0. The molecule has 0 fully saturated rings. The number of rotatable bonds is 46. The Hall–Kier alpha value is -4.45. The van der Waals surface area contributed by atoms with E-state index in [1.807, 2.05) is 0 Å². The highest BCUT2D eigenvalue weighted by Gasteiger charge is 2.19. The number of allylic oxidation sites excluding steroid dienone is 22. The zero-order valence-electron chi connectivity index (χ0n) is 42.9. The summed E-state index contributed by atoms with van der Waals surface area (Å²) in [5.74, 6) is -1.07. The van der Waals surface area contributed by atoms with Gasteiger partial charge >= 0.3 is 17.9 Å². The van der Waals surface area contributed by atoms with E-state index in [4.69, 9.17) is 14.2 Å². The summed E-state index contributed by atoms with van der Waals surface area (Å²) >= 11 is 0. The topological polar surface area (TPSA) is 78.9 Å². The molecule has 0 bridgehead atoms. The molecule has 0 saturated heterocycles. The van der Waals surface area contributed by atoms with Crippen LogP contribution in [0, 0.1) is 0 Å². The molecule has 376 valence electrons. The van der Waals surface area contributed by atoms with Crippen molar-refractivity contribution in [2.75, 3.05) is 13.2 Å². The van der Waals surface area contributed by atoms with E-state index in [1.165, 1.54) is 57.8 Å². The molecule has 0 saturated carbocycles. The molecule has 0 spiro atoms. The Morgan fingerprint density at radius 2 is 0.642 bits per heavy atom. The monoisotopic (exact) mass is 925 g/mol. The Morgan fingerprint density at radius 1 is 0.328 bits per heavy atom. The summed E-state index contributed by atoms with van der Waals surface area (Å²) in [4.78, 5) is 38.0. The highest BCUT2D eigenvalue weighted by atomic mass is 16.6. The van der Waals surface area contributed by atoms with Gasteiger partial charge in [0.25, 0.3) is 0 Å². The summed E-state index contributed by atoms with van der Waals surface area (Å²) < 4.78 is 16.7. The highest BCUT2D eigenvalue weighted by Crippen LogP contribution is 2.12. The predicted molar refractivity (Wildman–Crippen MR) is 288 cm³/mol. The van der Waals surface area contributed by atoms with Gasteiger partial charge in [-0.15, -0.1) is 0 Å². The van der Waals surface area contributed by atoms with E-state index in [9.17, 15) is 14.4 Å². The molecule has 0 aromatic carbocycles. The van der Waals surface area contributed by atoms with Crippen LogP contribution >= 0.6 is 0 Å². The average Bonchev–Trinajstić information content (AvgIpc) is 3.33. The Balaban J connectivity index is 4.62. The van der Waals surface area contributed by atoms with Gasteiger partial charge in [0.05, 0.1) is 0 Å². The minimum Gasteiger partial charge on any atom is -0.462 e. The van der Waals surface area contributed by atoms with Crippen molar-refractivity contribution in [3.8, 4) is 0 Å². The molecule has 1 unspecified atom stereocenters. The molecule has 6 heteroatoms. The Labute approximate surface area is 411 Å². The van der Waals surface area contributed by atoms with Crippen LogP contribution in [0.1, 0.15) is 213 Å². The van der Waals surface area contributed by atoms with Crippen LogP contribution in [-0.4, -0.2) is 37.2 Å². The van der Waals surface area contributed by atoms with Crippen LogP contribution in [0.5, 0.6) is 0 Å². The molecular weight excluding hydrogens is 829 g/mol. The Kier molecular flexibility index (Phi) is 50.6. The fourth-order valence-electron chi connectivity index (χ4n) is 6.64. The molecule has 0 aliphatic rings. The van der Waals surface area contributed by atoms with Gasteiger partial charge in [-0.2, -0.15) is 0 Å². The van der Waals surface area contributed by atoms with Crippen molar-refractivity contribution in [3.63, 3.8) is 0 Å². The van der Waals surface area contributed by atoms with E-state index in [0.29, 0.717) is 19.3 Å². The normalized spacial score (nSPS) is 13.2. The molecule has 0 aliphatic heterocycles. The first kappa shape index (κ1) is 62.5. The number of hydrogen-bond acceptors (Lipinski definition) is 6. The minimum atomic E-state index is -0.839. The summed E-state index contributed by atoms with van der Waals surface area (Å²) in [6.45, 7) is 6.34. The molecule has 0 aliphatic carbocycles. The quantitative estimate of drug-likeness (QED) is 0.0199. The fraction of sp³-hybridized carbons (Fsp3) is 0.590. The van der Waals surface area contributed by atoms with Gasteiger partial charge in [-0.3, -0.25) is 14.4 Å². The molecule has 0 radical (unpaired) electrons.